The number of esters is 1. The molecule has 1 aromatic rings. The lowest BCUT2D eigenvalue weighted by Gasteiger charge is -2.20. The first-order valence-electron chi connectivity index (χ1n) is 6.09. The van der Waals surface area contributed by atoms with Crippen molar-refractivity contribution >= 4 is 16.0 Å². The molecule has 1 rings (SSSR count). The van der Waals surface area contributed by atoms with Gasteiger partial charge in [-0.2, -0.15) is 0 Å². The molecule has 0 radical (unpaired) electrons. The minimum absolute atomic E-state index is 0.117. The van der Waals surface area contributed by atoms with Crippen molar-refractivity contribution in [2.24, 2.45) is 0 Å². The van der Waals surface area contributed by atoms with Crippen molar-refractivity contribution in [2.75, 3.05) is 6.61 Å². The zero-order valence-electron chi connectivity index (χ0n) is 11.9. The number of halogens is 1. The zero-order chi connectivity index (χ0) is 15.6. The third-order valence-corrected chi connectivity index (χ3v) is 4.11. The summed E-state index contributed by atoms with van der Waals surface area (Å²) >= 11 is 0. The fourth-order valence-corrected chi connectivity index (χ4v) is 3.26. The van der Waals surface area contributed by atoms with E-state index in [2.05, 4.69) is 9.71 Å². The van der Waals surface area contributed by atoms with Crippen molar-refractivity contribution in [3.05, 3.63) is 17.5 Å². The van der Waals surface area contributed by atoms with Crippen LogP contribution in [0.25, 0.3) is 0 Å². The largest absolute Gasteiger partial charge is 0.461 e. The van der Waals surface area contributed by atoms with E-state index in [9.17, 15) is 17.6 Å². The molecule has 0 atom stereocenters. The Kier molecular flexibility index (Phi) is 4.93. The van der Waals surface area contributed by atoms with Gasteiger partial charge in [-0.15, -0.1) is 0 Å². The summed E-state index contributed by atoms with van der Waals surface area (Å²) in [7, 11) is -3.92. The minimum atomic E-state index is -3.92. The van der Waals surface area contributed by atoms with Gasteiger partial charge in [0.15, 0.2) is 0 Å². The number of alkyl halides is 1. The summed E-state index contributed by atoms with van der Waals surface area (Å²) < 4.78 is 44.6. The third kappa shape index (κ3) is 3.80. The topological polar surface area (TPSA) is 88.3 Å². The Morgan fingerprint density at radius 2 is 2.05 bits per heavy atom. The number of rotatable bonds is 5. The average molecular weight is 306 g/mol. The van der Waals surface area contributed by atoms with Gasteiger partial charge in [-0.3, -0.25) is 0 Å². The first kappa shape index (κ1) is 16.6. The summed E-state index contributed by atoms with van der Waals surface area (Å²) in [5.74, 6) is -0.780. The van der Waals surface area contributed by atoms with Crippen LogP contribution in [0, 0.1) is 0 Å². The molecule has 114 valence electrons. The van der Waals surface area contributed by atoms with Crippen LogP contribution in [0.3, 0.4) is 0 Å². The van der Waals surface area contributed by atoms with Crippen LogP contribution in [0.15, 0.2) is 11.1 Å². The highest BCUT2D eigenvalue weighted by atomic mass is 32.2. The SMILES string of the molecule is CCOC(=O)c1[nH]cc(S(=O)(=O)NC(C)(C)C)c1CF. The van der Waals surface area contributed by atoms with Crippen molar-refractivity contribution in [3.63, 3.8) is 0 Å². The molecule has 1 aromatic heterocycles. The maximum absolute atomic E-state index is 13.1. The lowest BCUT2D eigenvalue weighted by molar-refractivity contribution is 0.0518. The maximum atomic E-state index is 13.1. The number of aromatic nitrogens is 1. The minimum Gasteiger partial charge on any atom is -0.461 e. The van der Waals surface area contributed by atoms with E-state index in [4.69, 9.17) is 4.74 Å². The molecule has 0 aliphatic heterocycles. The van der Waals surface area contributed by atoms with E-state index in [0.29, 0.717) is 0 Å². The maximum Gasteiger partial charge on any atom is 0.355 e. The van der Waals surface area contributed by atoms with Gasteiger partial charge in [0.2, 0.25) is 10.0 Å². The van der Waals surface area contributed by atoms with Crippen LogP contribution in [-0.4, -0.2) is 31.5 Å². The molecule has 0 unspecified atom stereocenters. The second kappa shape index (κ2) is 5.92. The molecule has 0 spiro atoms. The number of carbonyl (C=O) groups excluding carboxylic acids is 1. The van der Waals surface area contributed by atoms with Crippen LogP contribution >= 0.6 is 0 Å². The number of hydrogen-bond acceptors (Lipinski definition) is 4. The Morgan fingerprint density at radius 1 is 1.45 bits per heavy atom. The predicted octanol–water partition coefficient (Wildman–Crippen LogP) is 1.74. The lowest BCUT2D eigenvalue weighted by Crippen LogP contribution is -2.40. The van der Waals surface area contributed by atoms with Gasteiger partial charge >= 0.3 is 5.97 Å². The molecule has 0 saturated heterocycles. The Hall–Kier alpha value is -1.41. The van der Waals surface area contributed by atoms with Crippen LogP contribution < -0.4 is 4.72 Å². The normalized spacial score (nSPS) is 12.4. The van der Waals surface area contributed by atoms with Crippen LogP contribution in [0.1, 0.15) is 43.7 Å². The van der Waals surface area contributed by atoms with Crippen LogP contribution in [0.5, 0.6) is 0 Å². The molecule has 0 fully saturated rings. The summed E-state index contributed by atoms with van der Waals surface area (Å²) in [6.07, 6.45) is 1.09. The van der Waals surface area contributed by atoms with Crippen molar-refractivity contribution in [3.8, 4) is 0 Å². The van der Waals surface area contributed by atoms with E-state index in [1.54, 1.807) is 27.7 Å². The number of ether oxygens (including phenoxy) is 1. The number of hydrogen-bond donors (Lipinski definition) is 2. The molecular weight excluding hydrogens is 287 g/mol. The monoisotopic (exact) mass is 306 g/mol. The highest BCUT2D eigenvalue weighted by molar-refractivity contribution is 7.89. The van der Waals surface area contributed by atoms with Gasteiger partial charge < -0.3 is 9.72 Å². The van der Waals surface area contributed by atoms with Gasteiger partial charge in [-0.1, -0.05) is 0 Å². The molecule has 6 nitrogen and oxygen atoms in total. The predicted molar refractivity (Wildman–Crippen MR) is 71.6 cm³/mol. The van der Waals surface area contributed by atoms with Crippen LogP contribution in [0.2, 0.25) is 0 Å². The molecule has 0 aliphatic rings. The van der Waals surface area contributed by atoms with Gasteiger partial charge in [0.05, 0.1) is 6.61 Å². The molecule has 8 heteroatoms. The van der Waals surface area contributed by atoms with E-state index in [1.807, 2.05) is 0 Å². The lowest BCUT2D eigenvalue weighted by atomic mass is 10.1. The molecule has 20 heavy (non-hydrogen) atoms. The van der Waals surface area contributed by atoms with Crippen molar-refractivity contribution in [2.45, 2.75) is 44.8 Å². The Balaban J connectivity index is 3.24. The van der Waals surface area contributed by atoms with E-state index >= 15 is 0 Å². The van der Waals surface area contributed by atoms with E-state index < -0.39 is 28.2 Å². The average Bonchev–Trinajstić information content (AvgIpc) is 2.70. The molecule has 1 heterocycles. The molecule has 0 saturated carbocycles. The van der Waals surface area contributed by atoms with Crippen LogP contribution in [0.4, 0.5) is 4.39 Å². The fourth-order valence-electron chi connectivity index (χ4n) is 1.65. The molecule has 0 aliphatic carbocycles. The first-order valence-corrected chi connectivity index (χ1v) is 7.58. The first-order chi connectivity index (χ1) is 9.12. The van der Waals surface area contributed by atoms with E-state index in [0.717, 1.165) is 6.20 Å². The molecular formula is C12H19FN2O4S. The molecule has 2 N–H and O–H groups in total. The highest BCUT2D eigenvalue weighted by Crippen LogP contribution is 2.22. The quantitative estimate of drug-likeness (QED) is 0.811. The van der Waals surface area contributed by atoms with Crippen LogP contribution in [-0.2, 0) is 21.4 Å². The second-order valence-corrected chi connectivity index (χ2v) is 6.87. The van der Waals surface area contributed by atoms with Gasteiger partial charge in [-0.05, 0) is 27.7 Å². The van der Waals surface area contributed by atoms with Gasteiger partial charge in [0, 0.05) is 17.3 Å². The summed E-state index contributed by atoms with van der Waals surface area (Å²) in [6.45, 7) is 5.63. The second-order valence-electron chi connectivity index (χ2n) is 5.22. The van der Waals surface area contributed by atoms with E-state index in [-0.39, 0.29) is 22.8 Å². The summed E-state index contributed by atoms with van der Waals surface area (Å²) in [5, 5.41) is 0. The van der Waals surface area contributed by atoms with Crippen molar-refractivity contribution < 1.29 is 22.3 Å². The third-order valence-electron chi connectivity index (χ3n) is 2.29. The molecule has 0 bridgehead atoms. The number of sulfonamides is 1. The highest BCUT2D eigenvalue weighted by Gasteiger charge is 2.29. The Bertz CT molecular complexity index is 587. The number of aromatic amines is 1. The van der Waals surface area contributed by atoms with E-state index in [1.165, 1.54) is 0 Å². The Labute approximate surface area is 117 Å². The van der Waals surface area contributed by atoms with Crippen molar-refractivity contribution in [1.82, 2.24) is 9.71 Å². The number of carbonyl (C=O) groups is 1. The van der Waals surface area contributed by atoms with Gasteiger partial charge in [0.25, 0.3) is 0 Å². The zero-order valence-corrected chi connectivity index (χ0v) is 12.7. The summed E-state index contributed by atoms with van der Waals surface area (Å²) in [5.41, 5.74) is -1.11. The standard InChI is InChI=1S/C12H19FN2O4S/c1-5-19-11(16)10-8(6-13)9(7-14-10)20(17,18)15-12(2,3)4/h7,14-15H,5-6H2,1-4H3. The molecule has 0 amide bonds. The molecule has 0 aromatic carbocycles. The Morgan fingerprint density at radius 3 is 2.50 bits per heavy atom. The smallest absolute Gasteiger partial charge is 0.355 e. The number of nitrogens with one attached hydrogen (secondary N) is 2. The van der Waals surface area contributed by atoms with Gasteiger partial charge in [-0.25, -0.2) is 22.3 Å². The fraction of sp³-hybridized carbons (Fsp3) is 0.583. The number of H-pyrrole nitrogens is 1. The van der Waals surface area contributed by atoms with Gasteiger partial charge in [0.1, 0.15) is 17.3 Å². The summed E-state index contributed by atoms with van der Waals surface area (Å²) in [6, 6.07) is 0. The van der Waals surface area contributed by atoms with Crippen molar-refractivity contribution in [1.29, 1.82) is 0 Å². The summed E-state index contributed by atoms with van der Waals surface area (Å²) in [4.78, 5) is 13.8.